The number of nitrogens with zero attached hydrogens (tertiary/aromatic N) is 1. The smallest absolute Gasteiger partial charge is 0.339 e. The number of carboxylic acids is 1. The molecule has 184 valence electrons. The molecule has 0 saturated carbocycles. The van der Waals surface area contributed by atoms with Crippen LogP contribution in [0.15, 0.2) is 52.7 Å². The molecule has 7 nitrogen and oxygen atoms in total. The van der Waals surface area contributed by atoms with E-state index >= 15 is 0 Å². The van der Waals surface area contributed by atoms with E-state index in [-0.39, 0.29) is 34.4 Å². The summed E-state index contributed by atoms with van der Waals surface area (Å²) in [4.78, 5) is 38.7. The zero-order valence-electron chi connectivity index (χ0n) is 18.2. The van der Waals surface area contributed by atoms with Gasteiger partial charge in [0.2, 0.25) is 5.91 Å². The molecule has 36 heavy (non-hydrogen) atoms. The van der Waals surface area contributed by atoms with Gasteiger partial charge in [0.15, 0.2) is 17.4 Å². The summed E-state index contributed by atoms with van der Waals surface area (Å²) >= 11 is 7.68. The van der Waals surface area contributed by atoms with Crippen molar-refractivity contribution in [1.82, 2.24) is 4.90 Å². The molecule has 0 radical (unpaired) electrons. The molecule has 2 heterocycles. The Hall–Kier alpha value is -3.61. The fourth-order valence-electron chi connectivity index (χ4n) is 3.32. The van der Waals surface area contributed by atoms with Crippen molar-refractivity contribution in [3.05, 3.63) is 74.8 Å². The molecule has 3 aromatic rings. The number of thiocarbonyl (C=S) groups is 1. The number of thioether (sulfide) groups is 1. The number of phenols is 1. The summed E-state index contributed by atoms with van der Waals surface area (Å²) in [5.74, 6) is -4.70. The first-order valence-electron chi connectivity index (χ1n) is 10.3. The monoisotopic (exact) mass is 546 g/mol. The Kier molecular flexibility index (Phi) is 7.48. The minimum absolute atomic E-state index is 0.0161. The minimum atomic E-state index is -1.34. The number of nitrogens with one attached hydrogen (secondary N) is 1. The SMILES string of the molecule is O=C(CCN1C(=O)C(=Cc2cc(-c3ccc(F)c(F)c3)cs2)SC1=S)Nc1cccc(C(=O)O)c1O. The summed E-state index contributed by atoms with van der Waals surface area (Å²) in [7, 11) is 0. The number of aromatic hydroxyl groups is 1. The van der Waals surface area contributed by atoms with Crippen molar-refractivity contribution < 1.29 is 33.4 Å². The van der Waals surface area contributed by atoms with Crippen LogP contribution < -0.4 is 5.32 Å². The van der Waals surface area contributed by atoms with Crippen LogP contribution in [0.25, 0.3) is 17.2 Å². The second-order valence-corrected chi connectivity index (χ2v) is 10.1. The van der Waals surface area contributed by atoms with Gasteiger partial charge in [-0.3, -0.25) is 14.5 Å². The van der Waals surface area contributed by atoms with Crippen LogP contribution in [0, 0.1) is 11.6 Å². The first kappa shape index (κ1) is 25.5. The summed E-state index contributed by atoms with van der Waals surface area (Å²) in [6, 6.07) is 9.30. The van der Waals surface area contributed by atoms with E-state index in [9.17, 15) is 28.3 Å². The van der Waals surface area contributed by atoms with Gasteiger partial charge in [-0.2, -0.15) is 0 Å². The Morgan fingerprint density at radius 3 is 2.61 bits per heavy atom. The van der Waals surface area contributed by atoms with Crippen LogP contribution in [0.5, 0.6) is 5.75 Å². The van der Waals surface area contributed by atoms with Gasteiger partial charge in [-0.25, -0.2) is 13.6 Å². The maximum Gasteiger partial charge on any atom is 0.339 e. The molecule has 3 N–H and O–H groups in total. The average molecular weight is 547 g/mol. The van der Waals surface area contributed by atoms with Crippen molar-refractivity contribution in [2.75, 3.05) is 11.9 Å². The summed E-state index contributed by atoms with van der Waals surface area (Å²) < 4.78 is 27.0. The minimum Gasteiger partial charge on any atom is -0.505 e. The Morgan fingerprint density at radius 2 is 1.89 bits per heavy atom. The maximum atomic E-state index is 13.5. The van der Waals surface area contributed by atoms with Crippen LogP contribution in [-0.2, 0) is 9.59 Å². The number of hydrogen-bond donors (Lipinski definition) is 3. The molecule has 1 aromatic heterocycles. The van der Waals surface area contributed by atoms with Gasteiger partial charge >= 0.3 is 5.97 Å². The lowest BCUT2D eigenvalue weighted by Gasteiger charge is -2.14. The lowest BCUT2D eigenvalue weighted by atomic mass is 10.1. The van der Waals surface area contributed by atoms with Gasteiger partial charge in [0.25, 0.3) is 5.91 Å². The third-order valence-corrected chi connectivity index (χ3v) is 7.38. The molecule has 12 heteroatoms. The number of aromatic carboxylic acids is 1. The number of benzene rings is 2. The molecule has 0 unspecified atom stereocenters. The number of thiophene rings is 1. The Balaban J connectivity index is 1.40. The molecule has 2 amide bonds. The average Bonchev–Trinajstić information content (AvgIpc) is 3.40. The van der Waals surface area contributed by atoms with Gasteiger partial charge < -0.3 is 15.5 Å². The highest BCUT2D eigenvalue weighted by Crippen LogP contribution is 2.35. The van der Waals surface area contributed by atoms with E-state index in [0.717, 1.165) is 23.9 Å². The maximum absolute atomic E-state index is 13.5. The van der Waals surface area contributed by atoms with Gasteiger partial charge in [0.05, 0.1) is 10.6 Å². The van der Waals surface area contributed by atoms with Gasteiger partial charge in [-0.15, -0.1) is 11.3 Å². The molecule has 0 atom stereocenters. The summed E-state index contributed by atoms with van der Waals surface area (Å²) in [6.45, 7) is -0.0161. The molecule has 0 aliphatic carbocycles. The number of para-hydroxylation sites is 1. The Bertz CT molecular complexity index is 1440. The largest absolute Gasteiger partial charge is 0.505 e. The van der Waals surface area contributed by atoms with E-state index in [1.807, 2.05) is 0 Å². The lowest BCUT2D eigenvalue weighted by Crippen LogP contribution is -2.31. The molecule has 4 rings (SSSR count). The number of amides is 2. The molecule has 1 aliphatic heterocycles. The molecule has 1 aliphatic rings. The number of halogens is 2. The predicted octanol–water partition coefficient (Wildman–Crippen LogP) is 5.33. The standard InChI is InChI=1S/C24H16F2N2O5S3/c25-16-5-4-12(9-17(16)26)13-8-14(35-11-13)10-19-22(31)28(24(34)36-19)7-6-20(29)27-18-3-1-2-15(21(18)30)23(32)33/h1-5,8-11,30H,6-7H2,(H,27,29)(H,32,33). The fraction of sp³-hybridized carbons (Fsp3) is 0.0833. The van der Waals surface area contributed by atoms with Crippen molar-refractivity contribution in [1.29, 1.82) is 0 Å². The predicted molar refractivity (Wildman–Crippen MR) is 138 cm³/mol. The molecule has 0 spiro atoms. The Labute approximate surface area is 217 Å². The second-order valence-electron chi connectivity index (χ2n) is 7.51. The van der Waals surface area contributed by atoms with Gasteiger partial charge in [-0.05, 0) is 52.9 Å². The zero-order chi connectivity index (χ0) is 26.0. The summed E-state index contributed by atoms with van der Waals surface area (Å²) in [5.41, 5.74) is 0.770. The number of rotatable bonds is 7. The molecular formula is C24H16F2N2O5S3. The highest BCUT2D eigenvalue weighted by atomic mass is 32.2. The van der Waals surface area contributed by atoms with Gasteiger partial charge in [0, 0.05) is 17.8 Å². The second kappa shape index (κ2) is 10.6. The van der Waals surface area contributed by atoms with Crippen molar-refractivity contribution in [2.45, 2.75) is 6.42 Å². The van der Waals surface area contributed by atoms with E-state index in [1.54, 1.807) is 17.5 Å². The highest BCUT2D eigenvalue weighted by molar-refractivity contribution is 8.26. The van der Waals surface area contributed by atoms with Crippen LogP contribution in [-0.4, -0.2) is 43.8 Å². The van der Waals surface area contributed by atoms with Crippen molar-refractivity contribution in [2.24, 2.45) is 0 Å². The van der Waals surface area contributed by atoms with E-state index in [0.29, 0.717) is 20.9 Å². The van der Waals surface area contributed by atoms with E-state index in [1.165, 1.54) is 40.5 Å². The molecule has 1 fully saturated rings. The summed E-state index contributed by atoms with van der Waals surface area (Å²) in [5, 5.41) is 23.3. The lowest BCUT2D eigenvalue weighted by molar-refractivity contribution is -0.122. The van der Waals surface area contributed by atoms with Crippen molar-refractivity contribution in [3.8, 4) is 16.9 Å². The number of carbonyl (C=O) groups is 3. The molecule has 1 saturated heterocycles. The third kappa shape index (κ3) is 5.45. The van der Waals surface area contributed by atoms with Gasteiger partial charge in [0.1, 0.15) is 9.88 Å². The quantitative estimate of drug-likeness (QED) is 0.209. The molecular weight excluding hydrogens is 530 g/mol. The normalized spacial score (nSPS) is 14.5. The van der Waals surface area contributed by atoms with Crippen LogP contribution in [0.3, 0.4) is 0 Å². The first-order valence-corrected chi connectivity index (χ1v) is 12.4. The fourth-order valence-corrected chi connectivity index (χ4v) is 5.54. The van der Waals surface area contributed by atoms with E-state index < -0.39 is 29.3 Å². The highest BCUT2D eigenvalue weighted by Gasteiger charge is 2.32. The number of anilines is 1. The zero-order valence-corrected chi connectivity index (χ0v) is 20.6. The van der Waals surface area contributed by atoms with Crippen molar-refractivity contribution in [3.63, 3.8) is 0 Å². The first-order chi connectivity index (χ1) is 17.1. The van der Waals surface area contributed by atoms with Crippen LogP contribution in [0.4, 0.5) is 14.5 Å². The Morgan fingerprint density at radius 1 is 1.11 bits per heavy atom. The number of carbonyl (C=O) groups excluding carboxylic acids is 2. The summed E-state index contributed by atoms with van der Waals surface area (Å²) in [6.07, 6.45) is 1.50. The van der Waals surface area contributed by atoms with E-state index in [2.05, 4.69) is 5.32 Å². The topological polar surface area (TPSA) is 107 Å². The third-order valence-electron chi connectivity index (χ3n) is 5.12. The van der Waals surface area contributed by atoms with Crippen molar-refractivity contribution >= 4 is 69.2 Å². The molecule has 0 bridgehead atoms. The van der Waals surface area contributed by atoms with E-state index in [4.69, 9.17) is 17.3 Å². The van der Waals surface area contributed by atoms with Crippen LogP contribution >= 0.6 is 35.3 Å². The van der Waals surface area contributed by atoms with Crippen LogP contribution in [0.1, 0.15) is 21.7 Å². The number of carboxylic acid groups (broad SMARTS) is 1. The van der Waals surface area contributed by atoms with Crippen LogP contribution in [0.2, 0.25) is 0 Å². The molecule has 2 aromatic carbocycles. The number of hydrogen-bond acceptors (Lipinski definition) is 7. The van der Waals surface area contributed by atoms with Gasteiger partial charge in [-0.1, -0.05) is 36.1 Å².